The first-order chi connectivity index (χ1) is 9.10. The molecule has 0 aliphatic carbocycles. The van der Waals surface area contributed by atoms with Crippen LogP contribution in [-0.4, -0.2) is 26.5 Å². The average molecular weight is 275 g/mol. The van der Waals surface area contributed by atoms with Crippen LogP contribution in [0.2, 0.25) is 0 Å². The van der Waals surface area contributed by atoms with Gasteiger partial charge in [0.2, 0.25) is 5.95 Å². The van der Waals surface area contributed by atoms with Crippen molar-refractivity contribution < 1.29 is 0 Å². The molecule has 2 aromatic rings. The Bertz CT molecular complexity index is 562. The van der Waals surface area contributed by atoms with Crippen LogP contribution in [0.5, 0.6) is 0 Å². The number of aryl methyl sites for hydroxylation is 2. The molecule has 0 saturated carbocycles. The first-order valence-corrected chi connectivity index (χ1v) is 6.98. The Kier molecular flexibility index (Phi) is 4.31. The predicted octanol–water partition coefficient (Wildman–Crippen LogP) is 2.77. The van der Waals surface area contributed by atoms with E-state index in [1.807, 2.05) is 33.8 Å². The average Bonchev–Trinajstić information content (AvgIpc) is 2.37. The van der Waals surface area contributed by atoms with E-state index >= 15 is 0 Å². The van der Waals surface area contributed by atoms with Gasteiger partial charge in [-0.15, -0.1) is 0 Å². The highest BCUT2D eigenvalue weighted by molar-refractivity contribution is 7.99. The SMILES string of the molecule is CCNc1nccc(Sc2nc(C)c(C)c(C)n2)n1. The molecule has 0 aromatic carbocycles. The Morgan fingerprint density at radius 1 is 1.11 bits per heavy atom. The van der Waals surface area contributed by atoms with E-state index in [0.717, 1.165) is 33.7 Å². The summed E-state index contributed by atoms with van der Waals surface area (Å²) < 4.78 is 0. The van der Waals surface area contributed by atoms with Crippen LogP contribution in [0.1, 0.15) is 23.9 Å². The zero-order chi connectivity index (χ0) is 13.8. The molecule has 0 bridgehead atoms. The second-order valence-electron chi connectivity index (χ2n) is 4.15. The maximum Gasteiger partial charge on any atom is 0.223 e. The molecule has 0 saturated heterocycles. The van der Waals surface area contributed by atoms with Crippen molar-refractivity contribution in [2.45, 2.75) is 37.9 Å². The highest BCUT2D eigenvalue weighted by Crippen LogP contribution is 2.24. The number of nitrogens with zero attached hydrogens (tertiary/aromatic N) is 4. The summed E-state index contributed by atoms with van der Waals surface area (Å²) >= 11 is 1.45. The summed E-state index contributed by atoms with van der Waals surface area (Å²) in [6.45, 7) is 8.84. The molecule has 0 spiro atoms. The van der Waals surface area contributed by atoms with E-state index in [4.69, 9.17) is 0 Å². The van der Waals surface area contributed by atoms with Gasteiger partial charge in [-0.05, 0) is 51.1 Å². The van der Waals surface area contributed by atoms with Crippen molar-refractivity contribution in [1.29, 1.82) is 0 Å². The van der Waals surface area contributed by atoms with Crippen LogP contribution in [0.15, 0.2) is 22.4 Å². The number of hydrogen-bond acceptors (Lipinski definition) is 6. The Morgan fingerprint density at radius 3 is 2.42 bits per heavy atom. The Labute approximate surface area is 117 Å². The molecule has 19 heavy (non-hydrogen) atoms. The highest BCUT2D eigenvalue weighted by Gasteiger charge is 2.07. The maximum atomic E-state index is 4.48. The van der Waals surface area contributed by atoms with Gasteiger partial charge in [0.25, 0.3) is 0 Å². The van der Waals surface area contributed by atoms with Crippen LogP contribution >= 0.6 is 11.8 Å². The third-order valence-electron chi connectivity index (χ3n) is 2.77. The van der Waals surface area contributed by atoms with Crippen molar-refractivity contribution in [3.05, 3.63) is 29.2 Å². The van der Waals surface area contributed by atoms with Crippen molar-refractivity contribution in [3.8, 4) is 0 Å². The third-order valence-corrected chi connectivity index (χ3v) is 3.57. The van der Waals surface area contributed by atoms with Crippen molar-refractivity contribution in [1.82, 2.24) is 19.9 Å². The first kappa shape index (κ1) is 13.7. The standard InChI is InChI=1S/C13H17N5S/c1-5-14-12-15-7-6-11(18-12)19-13-16-9(3)8(2)10(4)17-13/h6-7H,5H2,1-4H3,(H,14,15,18). The molecule has 0 aliphatic rings. The topological polar surface area (TPSA) is 63.6 Å². The van der Waals surface area contributed by atoms with E-state index in [1.54, 1.807) is 6.20 Å². The molecular formula is C13H17N5S. The minimum absolute atomic E-state index is 0.632. The lowest BCUT2D eigenvalue weighted by Gasteiger charge is -2.07. The quantitative estimate of drug-likeness (QED) is 0.684. The summed E-state index contributed by atoms with van der Waals surface area (Å²) in [5, 5.41) is 4.65. The molecule has 6 heteroatoms. The van der Waals surface area contributed by atoms with Gasteiger partial charge in [-0.2, -0.15) is 0 Å². The summed E-state index contributed by atoms with van der Waals surface area (Å²) in [7, 11) is 0. The fraction of sp³-hybridized carbons (Fsp3) is 0.385. The highest BCUT2D eigenvalue weighted by atomic mass is 32.2. The first-order valence-electron chi connectivity index (χ1n) is 6.16. The van der Waals surface area contributed by atoms with Gasteiger partial charge in [-0.3, -0.25) is 0 Å². The summed E-state index contributed by atoms with van der Waals surface area (Å²) in [6, 6.07) is 1.86. The zero-order valence-electron chi connectivity index (χ0n) is 11.6. The molecule has 100 valence electrons. The molecule has 2 rings (SSSR count). The molecule has 5 nitrogen and oxygen atoms in total. The fourth-order valence-corrected chi connectivity index (χ4v) is 2.34. The number of rotatable bonds is 4. The van der Waals surface area contributed by atoms with Crippen molar-refractivity contribution in [2.24, 2.45) is 0 Å². The van der Waals surface area contributed by atoms with Gasteiger partial charge in [-0.25, -0.2) is 19.9 Å². The Hall–Kier alpha value is -1.69. The smallest absolute Gasteiger partial charge is 0.223 e. The van der Waals surface area contributed by atoms with Crippen molar-refractivity contribution in [2.75, 3.05) is 11.9 Å². The van der Waals surface area contributed by atoms with Crippen LogP contribution < -0.4 is 5.32 Å². The van der Waals surface area contributed by atoms with Crippen LogP contribution in [0, 0.1) is 20.8 Å². The van der Waals surface area contributed by atoms with Gasteiger partial charge >= 0.3 is 0 Å². The molecule has 0 unspecified atom stereocenters. The molecular weight excluding hydrogens is 258 g/mol. The lowest BCUT2D eigenvalue weighted by Crippen LogP contribution is -2.02. The summed E-state index contributed by atoms with van der Waals surface area (Å²) in [5.41, 5.74) is 3.16. The Morgan fingerprint density at radius 2 is 1.79 bits per heavy atom. The molecule has 0 amide bonds. The number of anilines is 1. The number of aromatic nitrogens is 4. The minimum atomic E-state index is 0.632. The lowest BCUT2D eigenvalue weighted by molar-refractivity contribution is 0.877. The molecule has 2 aromatic heterocycles. The fourth-order valence-electron chi connectivity index (χ4n) is 1.52. The maximum absolute atomic E-state index is 4.48. The molecule has 0 radical (unpaired) electrons. The van der Waals surface area contributed by atoms with Crippen LogP contribution in [0.4, 0.5) is 5.95 Å². The van der Waals surface area contributed by atoms with Gasteiger partial charge in [0.15, 0.2) is 5.16 Å². The molecule has 0 atom stereocenters. The normalized spacial score (nSPS) is 10.5. The molecule has 1 N–H and O–H groups in total. The lowest BCUT2D eigenvalue weighted by atomic mass is 10.2. The van der Waals surface area contributed by atoms with Gasteiger partial charge in [0.1, 0.15) is 5.03 Å². The predicted molar refractivity (Wildman–Crippen MR) is 76.6 cm³/mol. The Balaban J connectivity index is 2.23. The minimum Gasteiger partial charge on any atom is -0.354 e. The zero-order valence-corrected chi connectivity index (χ0v) is 12.4. The molecule has 0 aliphatic heterocycles. The summed E-state index contributed by atoms with van der Waals surface area (Å²) in [4.78, 5) is 17.5. The van der Waals surface area contributed by atoms with Crippen molar-refractivity contribution in [3.63, 3.8) is 0 Å². The van der Waals surface area contributed by atoms with Gasteiger partial charge in [-0.1, -0.05) is 0 Å². The largest absolute Gasteiger partial charge is 0.354 e. The van der Waals surface area contributed by atoms with Crippen LogP contribution in [0.25, 0.3) is 0 Å². The summed E-state index contributed by atoms with van der Waals surface area (Å²) in [6.07, 6.45) is 1.74. The van der Waals surface area contributed by atoms with Gasteiger partial charge in [0, 0.05) is 24.1 Å². The van der Waals surface area contributed by atoms with E-state index in [0.29, 0.717) is 5.95 Å². The number of nitrogens with one attached hydrogen (secondary N) is 1. The second-order valence-corrected chi connectivity index (χ2v) is 5.14. The van der Waals surface area contributed by atoms with E-state index in [-0.39, 0.29) is 0 Å². The summed E-state index contributed by atoms with van der Waals surface area (Å²) in [5.74, 6) is 0.632. The van der Waals surface area contributed by atoms with Gasteiger partial charge in [0.05, 0.1) is 0 Å². The van der Waals surface area contributed by atoms with E-state index < -0.39 is 0 Å². The monoisotopic (exact) mass is 275 g/mol. The van der Waals surface area contributed by atoms with E-state index in [9.17, 15) is 0 Å². The second kappa shape index (κ2) is 5.97. The molecule has 0 fully saturated rings. The van der Waals surface area contributed by atoms with E-state index in [2.05, 4.69) is 25.3 Å². The third kappa shape index (κ3) is 3.41. The van der Waals surface area contributed by atoms with Gasteiger partial charge < -0.3 is 5.32 Å². The van der Waals surface area contributed by atoms with Crippen LogP contribution in [0.3, 0.4) is 0 Å². The van der Waals surface area contributed by atoms with E-state index in [1.165, 1.54) is 11.8 Å². The van der Waals surface area contributed by atoms with Crippen LogP contribution in [-0.2, 0) is 0 Å². The molecule has 2 heterocycles. The van der Waals surface area contributed by atoms with Crippen molar-refractivity contribution >= 4 is 17.7 Å². The number of hydrogen-bond donors (Lipinski definition) is 1.